The fourth-order valence-corrected chi connectivity index (χ4v) is 2.78. The lowest BCUT2D eigenvalue weighted by atomic mass is 10.2. The summed E-state index contributed by atoms with van der Waals surface area (Å²) in [5.74, 6) is 5.10. The Kier molecular flexibility index (Phi) is 6.81. The Balaban J connectivity index is 2.17. The van der Waals surface area contributed by atoms with Gasteiger partial charge >= 0.3 is 6.09 Å². The molecule has 2 rings (SSSR count). The summed E-state index contributed by atoms with van der Waals surface area (Å²) in [6, 6.07) is 11.0. The molecule has 0 saturated carbocycles. The predicted octanol–water partition coefficient (Wildman–Crippen LogP) is 4.08. The van der Waals surface area contributed by atoms with E-state index in [9.17, 15) is 9.59 Å². The molecule has 2 aromatic rings. The van der Waals surface area contributed by atoms with Crippen molar-refractivity contribution in [3.8, 4) is 11.8 Å². The molecule has 5 nitrogen and oxygen atoms in total. The molecule has 0 aliphatic carbocycles. The van der Waals surface area contributed by atoms with Crippen LogP contribution in [0, 0.1) is 11.8 Å². The van der Waals surface area contributed by atoms with Gasteiger partial charge in [0.25, 0.3) is 0 Å². The van der Waals surface area contributed by atoms with Crippen LogP contribution in [0.3, 0.4) is 0 Å². The molecule has 1 heterocycles. The van der Waals surface area contributed by atoms with Crippen molar-refractivity contribution < 1.29 is 14.3 Å². The molecule has 0 atom stereocenters. The fourth-order valence-electron chi connectivity index (χ4n) is 1.94. The van der Waals surface area contributed by atoms with Gasteiger partial charge in [-0.3, -0.25) is 9.78 Å². The monoisotopic (exact) mass is 368 g/mol. The second-order valence-electron chi connectivity index (χ2n) is 6.38. The molecule has 134 valence electrons. The Morgan fingerprint density at radius 2 is 1.85 bits per heavy atom. The number of hydrogen-bond donors (Lipinski definition) is 0. The maximum Gasteiger partial charge on any atom is 0.420 e. The molecular weight excluding hydrogens is 348 g/mol. The van der Waals surface area contributed by atoms with Crippen LogP contribution in [0.5, 0.6) is 0 Å². The molecule has 0 N–H and O–H groups in total. The number of carbonyl (C=O) groups is 2. The second-order valence-corrected chi connectivity index (χ2v) is 7.47. The Morgan fingerprint density at radius 3 is 2.42 bits per heavy atom. The molecule has 1 aromatic carbocycles. The molecule has 0 bridgehead atoms. The normalized spacial score (nSPS) is 10.4. The molecule has 0 unspecified atom stereocenters. The quantitative estimate of drug-likeness (QED) is 0.462. The molecular formula is C20H20N2O3S. The Hall–Kier alpha value is -2.78. The van der Waals surface area contributed by atoms with Crippen molar-refractivity contribution in [2.75, 3.05) is 0 Å². The summed E-state index contributed by atoms with van der Waals surface area (Å²) in [4.78, 5) is 27.8. The van der Waals surface area contributed by atoms with E-state index in [2.05, 4.69) is 16.8 Å². The summed E-state index contributed by atoms with van der Waals surface area (Å²) in [5.41, 5.74) is 1.11. The van der Waals surface area contributed by atoms with Crippen LogP contribution >= 0.6 is 11.9 Å². The molecule has 1 amide bonds. The molecule has 0 radical (unpaired) electrons. The van der Waals surface area contributed by atoms with E-state index >= 15 is 0 Å². The minimum absolute atomic E-state index is 0.384. The second kappa shape index (κ2) is 9.07. The first kappa shape index (κ1) is 19.5. The van der Waals surface area contributed by atoms with Crippen molar-refractivity contribution in [3.05, 3.63) is 59.9 Å². The standard InChI is InChI=1S/C20H20N2O3S/c1-20(2,3)25-19(24)22(15-17-10-12-21-13-11-17)26-18-8-6-16(7-9-18)5-4-14-23/h6-14H,15H2,1-3H3. The van der Waals surface area contributed by atoms with Gasteiger partial charge in [0.2, 0.25) is 0 Å². The number of amides is 1. The lowest BCUT2D eigenvalue weighted by Gasteiger charge is -2.26. The van der Waals surface area contributed by atoms with E-state index in [1.54, 1.807) is 28.8 Å². The summed E-state index contributed by atoms with van der Waals surface area (Å²) in [6.45, 7) is 5.89. The van der Waals surface area contributed by atoms with Gasteiger partial charge in [-0.2, -0.15) is 0 Å². The zero-order valence-electron chi connectivity index (χ0n) is 14.9. The van der Waals surface area contributed by atoms with Gasteiger partial charge in [-0.1, -0.05) is 5.92 Å². The van der Waals surface area contributed by atoms with Crippen molar-refractivity contribution in [2.45, 2.75) is 37.8 Å². The van der Waals surface area contributed by atoms with Gasteiger partial charge in [0.15, 0.2) is 6.29 Å². The van der Waals surface area contributed by atoms with Crippen LogP contribution in [0.25, 0.3) is 0 Å². The zero-order valence-corrected chi connectivity index (χ0v) is 15.7. The average molecular weight is 368 g/mol. The van der Waals surface area contributed by atoms with Crippen LogP contribution in [0.2, 0.25) is 0 Å². The lowest BCUT2D eigenvalue weighted by Crippen LogP contribution is -2.32. The number of rotatable bonds is 4. The Morgan fingerprint density at radius 1 is 1.19 bits per heavy atom. The lowest BCUT2D eigenvalue weighted by molar-refractivity contribution is -0.103. The first-order valence-corrected chi connectivity index (χ1v) is 8.77. The molecule has 0 aliphatic heterocycles. The van der Waals surface area contributed by atoms with Crippen LogP contribution < -0.4 is 0 Å². The Bertz CT molecular complexity index is 803. The number of aromatic nitrogens is 1. The largest absolute Gasteiger partial charge is 0.443 e. The maximum atomic E-state index is 12.6. The van der Waals surface area contributed by atoms with E-state index in [0.717, 1.165) is 16.0 Å². The van der Waals surface area contributed by atoms with Crippen LogP contribution in [-0.4, -0.2) is 27.3 Å². The number of ether oxygens (including phenoxy) is 1. The fraction of sp³-hybridized carbons (Fsp3) is 0.250. The van der Waals surface area contributed by atoms with E-state index in [1.165, 1.54) is 11.9 Å². The minimum Gasteiger partial charge on any atom is -0.443 e. The highest BCUT2D eigenvalue weighted by molar-refractivity contribution is 7.97. The summed E-state index contributed by atoms with van der Waals surface area (Å²) in [5, 5.41) is 0. The van der Waals surface area contributed by atoms with Crippen LogP contribution in [0.15, 0.2) is 53.7 Å². The molecule has 0 spiro atoms. The SMILES string of the molecule is CC(C)(C)OC(=O)N(Cc1ccncc1)Sc1ccc(C#CC=O)cc1. The van der Waals surface area contributed by atoms with Crippen LogP contribution in [0.4, 0.5) is 4.79 Å². The van der Waals surface area contributed by atoms with Gasteiger partial charge in [-0.25, -0.2) is 9.10 Å². The number of carbonyl (C=O) groups excluding carboxylic acids is 2. The minimum atomic E-state index is -0.581. The number of benzene rings is 1. The third kappa shape index (κ3) is 6.61. The molecule has 0 saturated heterocycles. The first-order chi connectivity index (χ1) is 12.4. The number of pyridine rings is 1. The smallest absolute Gasteiger partial charge is 0.420 e. The van der Waals surface area contributed by atoms with Crippen molar-refractivity contribution in [1.82, 2.24) is 9.29 Å². The van der Waals surface area contributed by atoms with E-state index in [1.807, 2.05) is 45.0 Å². The third-order valence-electron chi connectivity index (χ3n) is 3.02. The Labute approximate surface area is 157 Å². The highest BCUT2D eigenvalue weighted by atomic mass is 32.2. The van der Waals surface area contributed by atoms with E-state index in [4.69, 9.17) is 4.74 Å². The highest BCUT2D eigenvalue weighted by Crippen LogP contribution is 2.27. The molecule has 0 fully saturated rings. The summed E-state index contributed by atoms with van der Waals surface area (Å²) in [6.07, 6.45) is 3.52. The maximum absolute atomic E-state index is 12.6. The van der Waals surface area contributed by atoms with Crippen molar-refractivity contribution >= 4 is 24.3 Å². The van der Waals surface area contributed by atoms with Crippen molar-refractivity contribution in [1.29, 1.82) is 0 Å². The van der Waals surface area contributed by atoms with Gasteiger partial charge in [0.1, 0.15) is 5.60 Å². The number of aldehydes is 1. The van der Waals surface area contributed by atoms with E-state index in [0.29, 0.717) is 12.8 Å². The number of hydrogen-bond acceptors (Lipinski definition) is 5. The topological polar surface area (TPSA) is 59.5 Å². The molecule has 6 heteroatoms. The van der Waals surface area contributed by atoms with Crippen LogP contribution in [0.1, 0.15) is 31.9 Å². The van der Waals surface area contributed by atoms with Crippen molar-refractivity contribution in [2.24, 2.45) is 0 Å². The average Bonchev–Trinajstić information content (AvgIpc) is 2.60. The van der Waals surface area contributed by atoms with E-state index in [-0.39, 0.29) is 0 Å². The van der Waals surface area contributed by atoms with Gasteiger partial charge in [-0.15, -0.1) is 0 Å². The highest BCUT2D eigenvalue weighted by Gasteiger charge is 2.23. The number of nitrogens with zero attached hydrogens (tertiary/aromatic N) is 2. The summed E-state index contributed by atoms with van der Waals surface area (Å²) < 4.78 is 7.07. The summed E-state index contributed by atoms with van der Waals surface area (Å²) >= 11 is 1.29. The van der Waals surface area contributed by atoms with Crippen LogP contribution in [-0.2, 0) is 16.1 Å². The molecule has 1 aromatic heterocycles. The predicted molar refractivity (Wildman–Crippen MR) is 101 cm³/mol. The van der Waals surface area contributed by atoms with E-state index < -0.39 is 11.7 Å². The first-order valence-electron chi connectivity index (χ1n) is 8.00. The van der Waals surface area contributed by atoms with Gasteiger partial charge in [0, 0.05) is 22.9 Å². The van der Waals surface area contributed by atoms with Gasteiger partial charge in [0.05, 0.1) is 6.54 Å². The van der Waals surface area contributed by atoms with Gasteiger partial charge < -0.3 is 4.74 Å². The zero-order chi connectivity index (χ0) is 19.0. The van der Waals surface area contributed by atoms with Gasteiger partial charge in [-0.05, 0) is 80.6 Å². The summed E-state index contributed by atoms with van der Waals surface area (Å²) in [7, 11) is 0. The van der Waals surface area contributed by atoms with Crippen molar-refractivity contribution in [3.63, 3.8) is 0 Å². The third-order valence-corrected chi connectivity index (χ3v) is 4.00. The molecule has 26 heavy (non-hydrogen) atoms. The molecule has 0 aliphatic rings.